The van der Waals surface area contributed by atoms with Crippen LogP contribution in [0, 0.1) is 0 Å². The number of carbonyl (C=O) groups is 1. The second-order valence-corrected chi connectivity index (χ2v) is 5.06. The summed E-state index contributed by atoms with van der Waals surface area (Å²) in [5.74, 6) is -0.293. The predicted molar refractivity (Wildman–Crippen MR) is 69.4 cm³/mol. The molecule has 0 aliphatic heterocycles. The van der Waals surface area contributed by atoms with Gasteiger partial charge in [0.2, 0.25) is 5.91 Å². The highest BCUT2D eigenvalue weighted by atomic mass is 19.4. The van der Waals surface area contributed by atoms with E-state index in [-0.39, 0.29) is 0 Å². The van der Waals surface area contributed by atoms with Gasteiger partial charge in [-0.25, -0.2) is 0 Å². The molecule has 0 aromatic heterocycles. The minimum Gasteiger partial charge on any atom is -0.346 e. The van der Waals surface area contributed by atoms with Crippen LogP contribution in [0.5, 0.6) is 0 Å². The molecular weight excluding hydrogens is 269 g/mol. The van der Waals surface area contributed by atoms with Crippen molar-refractivity contribution >= 4 is 5.91 Å². The van der Waals surface area contributed by atoms with Gasteiger partial charge in [-0.3, -0.25) is 4.79 Å². The van der Waals surface area contributed by atoms with Crippen molar-refractivity contribution in [3.63, 3.8) is 0 Å². The van der Waals surface area contributed by atoms with Crippen LogP contribution in [0.25, 0.3) is 0 Å². The zero-order valence-corrected chi connectivity index (χ0v) is 11.1. The Morgan fingerprint density at radius 1 is 1.40 bits per heavy atom. The second-order valence-electron chi connectivity index (χ2n) is 5.06. The van der Waals surface area contributed by atoms with E-state index < -0.39 is 24.7 Å². The van der Waals surface area contributed by atoms with Crippen molar-refractivity contribution in [1.29, 1.82) is 0 Å². The van der Waals surface area contributed by atoms with Crippen molar-refractivity contribution in [2.45, 2.75) is 31.5 Å². The number of halogens is 3. The average molecular weight is 286 g/mol. The third kappa shape index (κ3) is 3.72. The van der Waals surface area contributed by atoms with Gasteiger partial charge in [-0.1, -0.05) is 24.3 Å². The number of benzene rings is 1. The maximum Gasteiger partial charge on any atom is 0.405 e. The first-order chi connectivity index (χ1) is 9.37. The molecule has 0 saturated heterocycles. The molecule has 1 aromatic rings. The lowest BCUT2D eigenvalue weighted by Gasteiger charge is -2.31. The SMILES string of the molecule is CC(NCC1Cc2ccccc21)C(=O)NCC(F)(F)F. The predicted octanol–water partition coefficient (Wildman–Crippen LogP) is 1.98. The van der Waals surface area contributed by atoms with E-state index >= 15 is 0 Å². The molecule has 0 fully saturated rings. The number of carbonyl (C=O) groups excluding carboxylic acids is 1. The normalized spacial score (nSPS) is 18.9. The number of alkyl halides is 3. The van der Waals surface area contributed by atoms with Crippen LogP contribution >= 0.6 is 0 Å². The van der Waals surface area contributed by atoms with Gasteiger partial charge in [0.05, 0.1) is 6.04 Å². The average Bonchev–Trinajstić information content (AvgIpc) is 2.36. The first-order valence-electron chi connectivity index (χ1n) is 6.52. The fourth-order valence-corrected chi connectivity index (χ4v) is 2.30. The first kappa shape index (κ1) is 14.8. The van der Waals surface area contributed by atoms with E-state index in [1.807, 2.05) is 23.5 Å². The number of nitrogens with one attached hydrogen (secondary N) is 2. The molecule has 20 heavy (non-hydrogen) atoms. The van der Waals surface area contributed by atoms with E-state index in [1.165, 1.54) is 11.1 Å². The lowest BCUT2D eigenvalue weighted by atomic mass is 9.77. The summed E-state index contributed by atoms with van der Waals surface area (Å²) in [5.41, 5.74) is 2.55. The van der Waals surface area contributed by atoms with Crippen LogP contribution in [-0.4, -0.2) is 31.2 Å². The largest absolute Gasteiger partial charge is 0.405 e. The first-order valence-corrected chi connectivity index (χ1v) is 6.52. The highest BCUT2D eigenvalue weighted by Gasteiger charge is 2.29. The van der Waals surface area contributed by atoms with Crippen LogP contribution in [0.2, 0.25) is 0 Å². The molecule has 0 spiro atoms. The summed E-state index contributed by atoms with van der Waals surface area (Å²) >= 11 is 0. The molecule has 3 nitrogen and oxygen atoms in total. The van der Waals surface area contributed by atoms with Gasteiger partial charge in [0.1, 0.15) is 6.54 Å². The highest BCUT2D eigenvalue weighted by Crippen LogP contribution is 2.34. The summed E-state index contributed by atoms with van der Waals surface area (Å²) in [7, 11) is 0. The van der Waals surface area contributed by atoms with Crippen LogP contribution < -0.4 is 10.6 Å². The van der Waals surface area contributed by atoms with Gasteiger partial charge >= 0.3 is 6.18 Å². The molecule has 2 atom stereocenters. The summed E-state index contributed by atoms with van der Waals surface area (Å²) < 4.78 is 36.0. The zero-order chi connectivity index (χ0) is 14.8. The molecule has 1 aromatic carbocycles. The van der Waals surface area contributed by atoms with Gasteiger partial charge < -0.3 is 10.6 Å². The summed E-state index contributed by atoms with van der Waals surface area (Å²) in [5, 5.41) is 4.86. The summed E-state index contributed by atoms with van der Waals surface area (Å²) in [6.45, 7) is 0.873. The minimum atomic E-state index is -4.37. The third-order valence-electron chi connectivity index (χ3n) is 3.49. The molecule has 1 amide bonds. The molecular formula is C14H17F3N2O. The molecule has 1 aliphatic rings. The van der Waals surface area contributed by atoms with Crippen LogP contribution in [-0.2, 0) is 11.2 Å². The van der Waals surface area contributed by atoms with Gasteiger partial charge in [-0.15, -0.1) is 0 Å². The number of amides is 1. The minimum absolute atomic E-state index is 0.337. The lowest BCUT2D eigenvalue weighted by molar-refractivity contribution is -0.139. The van der Waals surface area contributed by atoms with Crippen molar-refractivity contribution in [2.24, 2.45) is 0 Å². The Labute approximate surface area is 115 Å². The van der Waals surface area contributed by atoms with Crippen LogP contribution in [0.15, 0.2) is 24.3 Å². The molecule has 0 heterocycles. The van der Waals surface area contributed by atoms with Crippen molar-refractivity contribution in [1.82, 2.24) is 10.6 Å². The molecule has 1 aliphatic carbocycles. The Hall–Kier alpha value is -1.56. The van der Waals surface area contributed by atoms with Crippen LogP contribution in [0.1, 0.15) is 24.0 Å². The quantitative estimate of drug-likeness (QED) is 0.869. The summed E-state index contributed by atoms with van der Waals surface area (Å²) in [6, 6.07) is 7.41. The molecule has 6 heteroatoms. The zero-order valence-electron chi connectivity index (χ0n) is 11.1. The number of hydrogen-bond donors (Lipinski definition) is 2. The van der Waals surface area contributed by atoms with E-state index in [9.17, 15) is 18.0 Å². The van der Waals surface area contributed by atoms with Crippen LogP contribution in [0.3, 0.4) is 0 Å². The van der Waals surface area contributed by atoms with E-state index in [0.29, 0.717) is 12.5 Å². The maximum absolute atomic E-state index is 12.0. The van der Waals surface area contributed by atoms with E-state index in [0.717, 1.165) is 6.42 Å². The highest BCUT2D eigenvalue weighted by molar-refractivity contribution is 5.81. The Morgan fingerprint density at radius 2 is 2.10 bits per heavy atom. The van der Waals surface area contributed by atoms with Crippen molar-refractivity contribution in [3.8, 4) is 0 Å². The van der Waals surface area contributed by atoms with E-state index in [2.05, 4.69) is 11.4 Å². The Balaban J connectivity index is 1.74. The Kier molecular flexibility index (Phi) is 4.32. The van der Waals surface area contributed by atoms with E-state index in [4.69, 9.17) is 0 Å². The van der Waals surface area contributed by atoms with Crippen molar-refractivity contribution in [2.75, 3.05) is 13.1 Å². The standard InChI is InChI=1S/C14H17F3N2O/c1-9(13(20)19-8-14(15,16)17)18-7-11-6-10-4-2-3-5-12(10)11/h2-5,9,11,18H,6-8H2,1H3,(H,19,20). The van der Waals surface area contributed by atoms with Gasteiger partial charge in [-0.05, 0) is 24.5 Å². The third-order valence-corrected chi connectivity index (χ3v) is 3.49. The van der Waals surface area contributed by atoms with Crippen molar-refractivity contribution < 1.29 is 18.0 Å². The fourth-order valence-electron chi connectivity index (χ4n) is 2.30. The van der Waals surface area contributed by atoms with Gasteiger partial charge in [0.25, 0.3) is 0 Å². The van der Waals surface area contributed by atoms with E-state index in [1.54, 1.807) is 6.92 Å². The van der Waals surface area contributed by atoms with Crippen molar-refractivity contribution in [3.05, 3.63) is 35.4 Å². The molecule has 2 rings (SSSR count). The maximum atomic E-state index is 12.0. The second kappa shape index (κ2) is 5.83. The molecule has 0 saturated carbocycles. The molecule has 0 bridgehead atoms. The Morgan fingerprint density at radius 3 is 2.75 bits per heavy atom. The number of fused-ring (bicyclic) bond motifs is 1. The molecule has 2 N–H and O–H groups in total. The summed E-state index contributed by atoms with van der Waals surface area (Å²) in [4.78, 5) is 11.5. The monoisotopic (exact) mass is 286 g/mol. The smallest absolute Gasteiger partial charge is 0.346 e. The van der Waals surface area contributed by atoms with Gasteiger partial charge in [0.15, 0.2) is 0 Å². The van der Waals surface area contributed by atoms with Gasteiger partial charge in [0, 0.05) is 12.5 Å². The topological polar surface area (TPSA) is 41.1 Å². The van der Waals surface area contributed by atoms with Crippen LogP contribution in [0.4, 0.5) is 13.2 Å². The lowest BCUT2D eigenvalue weighted by Crippen LogP contribution is -2.46. The molecule has 110 valence electrons. The summed E-state index contributed by atoms with van der Waals surface area (Å²) in [6.07, 6.45) is -3.43. The number of rotatable bonds is 5. The number of hydrogen-bond acceptors (Lipinski definition) is 2. The molecule has 2 unspecified atom stereocenters. The van der Waals surface area contributed by atoms with Gasteiger partial charge in [-0.2, -0.15) is 13.2 Å². The molecule has 0 radical (unpaired) electrons. The fraction of sp³-hybridized carbons (Fsp3) is 0.500. The Bertz CT molecular complexity index is 488.